The number of imidazole rings is 2. The van der Waals surface area contributed by atoms with Crippen LogP contribution in [0.2, 0.25) is 14.8 Å². The minimum absolute atomic E-state index is 0. The summed E-state index contributed by atoms with van der Waals surface area (Å²) in [5.41, 5.74) is 11.6. The fourth-order valence-electron chi connectivity index (χ4n) is 6.68. The Kier molecular flexibility index (Phi) is 13.1. The van der Waals surface area contributed by atoms with Gasteiger partial charge in [-0.1, -0.05) is 7.43 Å². The standard InChI is InChI=1S/C18H18FN7.C12H11F3N6O3S.C7H7FN.CH4.3CH3.Sn/c1-25-9-21-16-17(22-12-3-4-12)23-15-7-14(24-26(15)18(16)25)10-2-5-13(19)11(6-10)8-20;1-20-5-16-9-10(17-6-2-3-6)18-7-4-8(19-21(7)11(9)20)24-25(22,23)12(13,14)15;8-7-4-2-1-3-6(7)5-9;;;;;/h2,5-7,9,12H,3-4,8,20H2,1H3,(H,22,23);4-6H,2-3H2,1H3,(H,17,18);2-4H,5,9H2;1H4;3*1H3;. The van der Waals surface area contributed by atoms with E-state index in [2.05, 4.69) is 54.8 Å². The molecule has 2 aliphatic rings. The van der Waals surface area contributed by atoms with Crippen LogP contribution >= 0.6 is 0 Å². The van der Waals surface area contributed by atoms with Crippen molar-refractivity contribution in [2.24, 2.45) is 25.6 Å². The molecule has 0 bridgehead atoms. The molecule has 0 radical (unpaired) electrons. The summed E-state index contributed by atoms with van der Waals surface area (Å²) >= 11 is -2.03. The maximum atomic E-state index is 13.8. The molecular formula is C41H49F5N14O3SSn. The summed E-state index contributed by atoms with van der Waals surface area (Å²) in [4.78, 5) is 24.6. The molecule has 10 rings (SSSR count). The number of aromatic nitrogens is 10. The second-order valence-corrected chi connectivity index (χ2v) is 32.6. The Hall–Kier alpha value is -5.66. The van der Waals surface area contributed by atoms with Crippen LogP contribution in [0.25, 0.3) is 44.9 Å². The quantitative estimate of drug-likeness (QED) is 0.0510. The van der Waals surface area contributed by atoms with Crippen LogP contribution in [0.4, 0.5) is 33.6 Å². The van der Waals surface area contributed by atoms with Crippen molar-refractivity contribution in [2.45, 2.75) is 78.6 Å². The van der Waals surface area contributed by atoms with Crippen LogP contribution in [0.15, 0.2) is 61.2 Å². The van der Waals surface area contributed by atoms with Gasteiger partial charge >= 0.3 is 98.7 Å². The fraction of sp³-hybridized carbons (Fsp3) is 0.366. The third-order valence-corrected chi connectivity index (χ3v) is 17.3. The van der Waals surface area contributed by atoms with E-state index in [1.54, 1.807) is 40.7 Å². The molecule has 0 aliphatic heterocycles. The van der Waals surface area contributed by atoms with Crippen LogP contribution in [0, 0.1) is 11.6 Å². The van der Waals surface area contributed by atoms with E-state index < -0.39 is 39.9 Å². The first-order valence-corrected chi connectivity index (χ1v) is 31.6. The van der Waals surface area contributed by atoms with E-state index in [1.807, 2.05) is 29.8 Å². The zero-order chi connectivity index (χ0) is 45.9. The van der Waals surface area contributed by atoms with Gasteiger partial charge in [0.25, 0.3) is 5.88 Å². The molecule has 8 aromatic rings. The van der Waals surface area contributed by atoms with Crippen molar-refractivity contribution in [1.82, 2.24) is 48.3 Å². The van der Waals surface area contributed by atoms with Crippen molar-refractivity contribution in [3.05, 3.63) is 83.9 Å². The van der Waals surface area contributed by atoms with E-state index in [4.69, 9.17) is 16.5 Å². The summed E-state index contributed by atoms with van der Waals surface area (Å²) in [6.07, 6.45) is 7.54. The molecule has 6 aromatic heterocycles. The second kappa shape index (κ2) is 18.0. The summed E-state index contributed by atoms with van der Waals surface area (Å²) < 4.78 is 98.5. The molecule has 0 unspecified atom stereocenters. The van der Waals surface area contributed by atoms with E-state index in [0.717, 1.165) is 65.6 Å². The van der Waals surface area contributed by atoms with Crippen LogP contribution in [0.1, 0.15) is 44.2 Å². The number of fused-ring (bicyclic) bond motifs is 6. The minimum atomic E-state index is -5.81. The number of nitrogens with one attached hydrogen (secondary N) is 2. The number of alkyl halides is 3. The number of rotatable bonds is 10. The normalized spacial score (nSPS) is 14.2. The Labute approximate surface area is 374 Å². The predicted octanol–water partition coefficient (Wildman–Crippen LogP) is 6.34. The van der Waals surface area contributed by atoms with Gasteiger partial charge in [0.15, 0.2) is 45.3 Å². The number of hydrogen-bond donors (Lipinski definition) is 4. The maximum absolute atomic E-state index is 13.8. The van der Waals surface area contributed by atoms with E-state index >= 15 is 0 Å². The van der Waals surface area contributed by atoms with Gasteiger partial charge in [-0.25, -0.2) is 24.3 Å². The van der Waals surface area contributed by atoms with Crippen LogP contribution in [-0.4, -0.2) is 92.7 Å². The molecule has 6 heterocycles. The molecule has 2 aromatic carbocycles. The van der Waals surface area contributed by atoms with Crippen LogP contribution < -0.4 is 29.9 Å². The van der Waals surface area contributed by atoms with E-state index in [0.29, 0.717) is 40.7 Å². The summed E-state index contributed by atoms with van der Waals surface area (Å²) in [5.74, 6) is 0.0281. The topological polar surface area (TPSA) is 215 Å². The monoisotopic (exact) mass is 1030 g/mol. The van der Waals surface area contributed by atoms with Gasteiger partial charge in [-0.05, 0) is 43.9 Å². The second-order valence-electron chi connectivity index (χ2n) is 16.6. The molecule has 17 nitrogen and oxygen atoms in total. The SMILES string of the molecule is C.Cn1cnc2c(NC3CC3)nc3cc(-c4ccc(F)c(CN)c4)nn3c21.Cn1cnc2c(NC3CC3)nc3cc(OS(=O)(=O)C(F)(F)F)nn3c21.[CH3][Sn]([CH3])([CH3])[c]1ccc(F)c(CN)c1. The number of nitrogens with zero attached hydrogens (tertiary/aromatic N) is 10. The number of halogens is 5. The number of hydrogen-bond acceptors (Lipinski definition) is 13. The zero-order valence-corrected chi connectivity index (χ0v) is 39.0. The third-order valence-electron chi connectivity index (χ3n) is 10.5. The van der Waals surface area contributed by atoms with Crippen LogP contribution in [-0.2, 0) is 37.3 Å². The van der Waals surface area contributed by atoms with E-state index in [-0.39, 0.29) is 37.3 Å². The number of anilines is 2. The van der Waals surface area contributed by atoms with Crippen molar-refractivity contribution in [3.8, 4) is 17.1 Å². The molecule has 24 heteroatoms. The first-order valence-electron chi connectivity index (χ1n) is 20.2. The van der Waals surface area contributed by atoms with Gasteiger partial charge in [0.1, 0.15) is 5.82 Å². The van der Waals surface area contributed by atoms with Gasteiger partial charge in [-0.3, -0.25) is 0 Å². The average molecular weight is 1030 g/mol. The van der Waals surface area contributed by atoms with Crippen molar-refractivity contribution in [3.63, 3.8) is 0 Å². The molecule has 0 saturated heterocycles. The first-order chi connectivity index (χ1) is 30.2. The molecule has 0 amide bonds. The van der Waals surface area contributed by atoms with Gasteiger partial charge in [-0.15, -0.1) is 5.10 Å². The Morgan fingerprint density at radius 2 is 1.25 bits per heavy atom. The molecule has 65 heavy (non-hydrogen) atoms. The van der Waals surface area contributed by atoms with Gasteiger partial charge < -0.3 is 29.7 Å². The number of benzene rings is 2. The molecule has 0 atom stereocenters. The molecule has 346 valence electrons. The fourth-order valence-corrected chi connectivity index (χ4v) is 10.5. The molecule has 2 fully saturated rings. The van der Waals surface area contributed by atoms with Crippen LogP contribution in [0.3, 0.4) is 0 Å². The van der Waals surface area contributed by atoms with Crippen LogP contribution in [0.5, 0.6) is 5.88 Å². The predicted molar refractivity (Wildman–Crippen MR) is 241 cm³/mol. The summed E-state index contributed by atoms with van der Waals surface area (Å²) in [6.45, 7) is 0.439. The van der Waals surface area contributed by atoms with Crippen molar-refractivity contribution in [2.75, 3.05) is 10.6 Å². The summed E-state index contributed by atoms with van der Waals surface area (Å²) in [7, 11) is -2.21. The van der Waals surface area contributed by atoms with Crippen molar-refractivity contribution >= 4 is 77.3 Å². The first kappa shape index (κ1) is 47.3. The van der Waals surface area contributed by atoms with Gasteiger partial charge in [-0.2, -0.15) is 35.7 Å². The van der Waals surface area contributed by atoms with Gasteiger partial charge in [0.2, 0.25) is 0 Å². The Morgan fingerprint density at radius 3 is 1.74 bits per heavy atom. The van der Waals surface area contributed by atoms with Crippen molar-refractivity contribution < 1.29 is 34.6 Å². The molecule has 2 aliphatic carbocycles. The Morgan fingerprint density at radius 1 is 0.754 bits per heavy atom. The van der Waals surface area contributed by atoms with E-state index in [9.17, 15) is 30.4 Å². The Bertz CT molecular complexity index is 3150. The molecule has 6 N–H and O–H groups in total. The molecule has 0 spiro atoms. The summed E-state index contributed by atoms with van der Waals surface area (Å²) in [6, 6.07) is 13.9. The van der Waals surface area contributed by atoms with Gasteiger partial charge in [0.05, 0.1) is 18.3 Å². The van der Waals surface area contributed by atoms with E-state index in [1.165, 1.54) is 20.5 Å². The number of nitrogens with two attached hydrogens (primary N) is 2. The zero-order valence-electron chi connectivity index (χ0n) is 35.3. The average Bonchev–Trinajstić information content (AvgIpc) is 4.05. The number of aryl methyl sites for hydroxylation is 2. The summed E-state index contributed by atoms with van der Waals surface area (Å²) in [5, 5.41) is 15.1. The Balaban J connectivity index is 0.000000153. The molecule has 2 saturated carbocycles. The van der Waals surface area contributed by atoms with Gasteiger partial charge in [0, 0.05) is 56.0 Å². The molecular weight excluding hydrogens is 982 g/mol. The third kappa shape index (κ3) is 9.96. The van der Waals surface area contributed by atoms with Crippen molar-refractivity contribution in [1.29, 1.82) is 0 Å².